The summed E-state index contributed by atoms with van der Waals surface area (Å²) in [4.78, 5) is 20.8. The monoisotopic (exact) mass is 461 g/mol. The number of thiophene rings is 1. The molecule has 0 unspecified atom stereocenters. The Balaban J connectivity index is 1.55. The SMILES string of the molecule is CN(Cc1cc2nc(-c3cnc(N)nc3)nc(N3CCOCC3)c2s1)S(=O)(=O)C1CC1. The van der Waals surface area contributed by atoms with Gasteiger partial charge < -0.3 is 15.4 Å². The smallest absolute Gasteiger partial charge is 0.219 e. The third kappa shape index (κ3) is 4.07. The fourth-order valence-electron chi connectivity index (χ4n) is 3.54. The maximum Gasteiger partial charge on any atom is 0.219 e. The Kier molecular flexibility index (Phi) is 5.24. The molecule has 0 atom stereocenters. The average molecular weight is 462 g/mol. The van der Waals surface area contributed by atoms with E-state index in [0.717, 1.165) is 46.8 Å². The molecular formula is C19H23N7O3S2. The van der Waals surface area contributed by atoms with E-state index in [-0.39, 0.29) is 11.2 Å². The molecule has 12 heteroatoms. The number of nitrogen functional groups attached to an aromatic ring is 1. The van der Waals surface area contributed by atoms with Crippen LogP contribution < -0.4 is 10.6 Å². The lowest BCUT2D eigenvalue weighted by Crippen LogP contribution is -2.36. The number of nitrogens with zero attached hydrogens (tertiary/aromatic N) is 6. The van der Waals surface area contributed by atoms with Crippen molar-refractivity contribution in [3.63, 3.8) is 0 Å². The number of hydrogen-bond acceptors (Lipinski definition) is 10. The predicted octanol–water partition coefficient (Wildman–Crippen LogP) is 1.49. The molecule has 4 heterocycles. The fourth-order valence-corrected chi connectivity index (χ4v) is 6.35. The highest BCUT2D eigenvalue weighted by atomic mass is 32.2. The van der Waals surface area contributed by atoms with Gasteiger partial charge in [0, 0.05) is 44.0 Å². The van der Waals surface area contributed by atoms with Crippen LogP contribution in [0.25, 0.3) is 21.6 Å². The highest BCUT2D eigenvalue weighted by Gasteiger charge is 2.38. The van der Waals surface area contributed by atoms with Crippen LogP contribution in [-0.2, 0) is 21.3 Å². The van der Waals surface area contributed by atoms with E-state index in [9.17, 15) is 8.42 Å². The lowest BCUT2D eigenvalue weighted by Gasteiger charge is -2.28. The second-order valence-electron chi connectivity index (χ2n) is 7.73. The zero-order valence-corrected chi connectivity index (χ0v) is 18.7. The summed E-state index contributed by atoms with van der Waals surface area (Å²) in [5, 5.41) is -0.229. The average Bonchev–Trinajstić information content (AvgIpc) is 3.55. The molecule has 3 aromatic rings. The molecule has 2 N–H and O–H groups in total. The molecule has 1 saturated carbocycles. The standard InChI is InChI=1S/C19H23N7O3S2/c1-25(31(27,28)14-2-3-14)11-13-8-15-16(30-13)18(26-4-6-29-7-5-26)24-17(23-15)12-9-21-19(20)22-10-12/h8-10,14H,2-7,11H2,1H3,(H2,20,21,22). The maximum atomic E-state index is 12.5. The van der Waals surface area contributed by atoms with Crippen molar-refractivity contribution in [2.75, 3.05) is 44.0 Å². The van der Waals surface area contributed by atoms with E-state index >= 15 is 0 Å². The number of rotatable bonds is 6. The summed E-state index contributed by atoms with van der Waals surface area (Å²) in [6.07, 6.45) is 4.71. The fraction of sp³-hybridized carbons (Fsp3) is 0.474. The van der Waals surface area contributed by atoms with Crippen molar-refractivity contribution in [2.24, 2.45) is 0 Å². The molecule has 0 bridgehead atoms. The van der Waals surface area contributed by atoms with Gasteiger partial charge in [0.1, 0.15) is 0 Å². The lowest BCUT2D eigenvalue weighted by atomic mass is 10.3. The zero-order chi connectivity index (χ0) is 21.6. The molecule has 1 saturated heterocycles. The minimum absolute atomic E-state index is 0.191. The summed E-state index contributed by atoms with van der Waals surface area (Å²) in [7, 11) is -1.60. The van der Waals surface area contributed by atoms with Gasteiger partial charge in [0.25, 0.3) is 0 Å². The second kappa shape index (κ2) is 7.93. The minimum atomic E-state index is -3.24. The first kappa shape index (κ1) is 20.5. The van der Waals surface area contributed by atoms with Crippen LogP contribution in [0.1, 0.15) is 17.7 Å². The molecule has 0 radical (unpaired) electrons. The van der Waals surface area contributed by atoms with Gasteiger partial charge in [-0.1, -0.05) is 0 Å². The molecule has 31 heavy (non-hydrogen) atoms. The molecule has 3 aromatic heterocycles. The number of nitrogens with two attached hydrogens (primary N) is 1. The largest absolute Gasteiger partial charge is 0.378 e. The van der Waals surface area contributed by atoms with E-state index in [1.165, 1.54) is 15.6 Å². The molecule has 5 rings (SSSR count). The van der Waals surface area contributed by atoms with Crippen LogP contribution in [0.3, 0.4) is 0 Å². The molecular weight excluding hydrogens is 438 g/mol. The zero-order valence-electron chi connectivity index (χ0n) is 17.1. The van der Waals surface area contributed by atoms with Gasteiger partial charge in [0.05, 0.1) is 34.2 Å². The minimum Gasteiger partial charge on any atom is -0.378 e. The second-order valence-corrected chi connectivity index (χ2v) is 11.2. The Morgan fingerprint density at radius 2 is 1.94 bits per heavy atom. The van der Waals surface area contributed by atoms with Crippen molar-refractivity contribution in [2.45, 2.75) is 24.6 Å². The van der Waals surface area contributed by atoms with Crippen LogP contribution >= 0.6 is 11.3 Å². The number of morpholine rings is 1. The van der Waals surface area contributed by atoms with E-state index in [4.69, 9.17) is 20.4 Å². The first-order chi connectivity index (χ1) is 14.9. The normalized spacial score (nSPS) is 17.5. The van der Waals surface area contributed by atoms with E-state index in [1.807, 2.05) is 6.07 Å². The summed E-state index contributed by atoms with van der Waals surface area (Å²) >= 11 is 1.54. The first-order valence-corrected chi connectivity index (χ1v) is 12.4. The van der Waals surface area contributed by atoms with E-state index in [1.54, 1.807) is 19.4 Å². The third-order valence-corrected chi connectivity index (χ3v) is 8.82. The molecule has 2 fully saturated rings. The van der Waals surface area contributed by atoms with Gasteiger partial charge in [0.2, 0.25) is 16.0 Å². The molecule has 2 aliphatic rings. The van der Waals surface area contributed by atoms with E-state index < -0.39 is 10.0 Å². The summed E-state index contributed by atoms with van der Waals surface area (Å²) < 4.78 is 33.0. The van der Waals surface area contributed by atoms with Crippen molar-refractivity contribution in [1.29, 1.82) is 0 Å². The molecule has 10 nitrogen and oxygen atoms in total. The van der Waals surface area contributed by atoms with Crippen molar-refractivity contribution >= 4 is 43.3 Å². The molecule has 1 aliphatic carbocycles. The van der Waals surface area contributed by atoms with Crippen molar-refractivity contribution in [1.82, 2.24) is 24.2 Å². The van der Waals surface area contributed by atoms with Crippen LogP contribution in [0.4, 0.5) is 11.8 Å². The number of hydrogen-bond donors (Lipinski definition) is 1. The van der Waals surface area contributed by atoms with Crippen LogP contribution in [-0.4, -0.2) is 71.3 Å². The van der Waals surface area contributed by atoms with Crippen molar-refractivity contribution in [3.05, 3.63) is 23.3 Å². The number of fused-ring (bicyclic) bond motifs is 1. The number of anilines is 2. The molecule has 1 aliphatic heterocycles. The highest BCUT2D eigenvalue weighted by Crippen LogP contribution is 2.36. The van der Waals surface area contributed by atoms with Crippen LogP contribution in [0.5, 0.6) is 0 Å². The molecule has 164 valence electrons. The van der Waals surface area contributed by atoms with Gasteiger partial charge in [-0.3, -0.25) is 0 Å². The quantitative estimate of drug-likeness (QED) is 0.580. The third-order valence-electron chi connectivity index (χ3n) is 5.40. The number of ether oxygens (including phenoxy) is 1. The summed E-state index contributed by atoms with van der Waals surface area (Å²) in [6.45, 7) is 3.04. The number of sulfonamides is 1. The Morgan fingerprint density at radius 1 is 1.23 bits per heavy atom. The Bertz CT molecular complexity index is 1200. The summed E-state index contributed by atoms with van der Waals surface area (Å²) in [6, 6.07) is 1.95. The Labute approximate surface area is 184 Å². The van der Waals surface area contributed by atoms with Crippen LogP contribution in [0.2, 0.25) is 0 Å². The highest BCUT2D eigenvalue weighted by molar-refractivity contribution is 7.90. The van der Waals surface area contributed by atoms with Crippen molar-refractivity contribution in [3.8, 4) is 11.4 Å². The lowest BCUT2D eigenvalue weighted by molar-refractivity contribution is 0.122. The maximum absolute atomic E-state index is 12.5. The van der Waals surface area contributed by atoms with E-state index in [2.05, 4.69) is 14.9 Å². The summed E-state index contributed by atoms with van der Waals surface area (Å²) in [5.74, 6) is 1.53. The Hall–Kier alpha value is -2.41. The van der Waals surface area contributed by atoms with Gasteiger partial charge in [-0.15, -0.1) is 11.3 Å². The van der Waals surface area contributed by atoms with Gasteiger partial charge in [0.15, 0.2) is 11.6 Å². The van der Waals surface area contributed by atoms with Gasteiger partial charge >= 0.3 is 0 Å². The van der Waals surface area contributed by atoms with Crippen molar-refractivity contribution < 1.29 is 13.2 Å². The number of aromatic nitrogens is 4. The first-order valence-electron chi connectivity index (χ1n) is 10.1. The summed E-state index contributed by atoms with van der Waals surface area (Å²) in [5.41, 5.74) is 7.07. The van der Waals surface area contributed by atoms with Gasteiger partial charge in [-0.05, 0) is 18.9 Å². The predicted molar refractivity (Wildman–Crippen MR) is 119 cm³/mol. The van der Waals surface area contributed by atoms with Crippen LogP contribution in [0, 0.1) is 0 Å². The molecule has 0 amide bonds. The molecule has 0 aromatic carbocycles. The van der Waals surface area contributed by atoms with Gasteiger partial charge in [-0.2, -0.15) is 4.31 Å². The molecule has 0 spiro atoms. The van der Waals surface area contributed by atoms with Gasteiger partial charge in [-0.25, -0.2) is 28.4 Å². The van der Waals surface area contributed by atoms with Crippen LogP contribution in [0.15, 0.2) is 18.5 Å². The topological polar surface area (TPSA) is 127 Å². The van der Waals surface area contributed by atoms with E-state index in [0.29, 0.717) is 31.1 Å². The Morgan fingerprint density at radius 3 is 2.61 bits per heavy atom.